The summed E-state index contributed by atoms with van der Waals surface area (Å²) >= 11 is 0. The van der Waals surface area contributed by atoms with Crippen molar-refractivity contribution >= 4 is 5.97 Å². The second-order valence-corrected chi connectivity index (χ2v) is 1.57. The molecule has 12 heavy (non-hydrogen) atoms. The van der Waals surface area contributed by atoms with Gasteiger partial charge in [-0.25, -0.2) is 4.79 Å². The highest BCUT2D eigenvalue weighted by molar-refractivity contribution is 5.81. The molecular weight excluding hydrogens is 160 g/mol. The Hall–Kier alpha value is -0.910. The summed E-state index contributed by atoms with van der Waals surface area (Å²) < 4.78 is 9.53. The summed E-state index contributed by atoms with van der Waals surface area (Å²) in [6.45, 7) is 6.53. The summed E-state index contributed by atoms with van der Waals surface area (Å²) in [6.07, 6.45) is 1.13. The molecule has 5 heteroatoms. The van der Waals surface area contributed by atoms with Crippen LogP contribution in [0.5, 0.6) is 0 Å². The zero-order valence-corrected chi connectivity index (χ0v) is 7.29. The third-order valence-electron chi connectivity index (χ3n) is 0.843. The first-order valence-electron chi connectivity index (χ1n) is 3.51. The molecular formula is C7H16N2O3. The van der Waals surface area contributed by atoms with Crippen LogP contribution >= 0.6 is 0 Å². The van der Waals surface area contributed by atoms with E-state index in [0.29, 0.717) is 19.8 Å². The molecule has 0 radical (unpaired) electrons. The first-order chi connectivity index (χ1) is 5.81. The molecule has 0 saturated heterocycles. The van der Waals surface area contributed by atoms with Crippen LogP contribution in [0.25, 0.3) is 0 Å². The number of nitrogens with two attached hydrogens (primary N) is 2. The maximum Gasteiger partial charge on any atom is 0.330 e. The second-order valence-electron chi connectivity index (χ2n) is 1.57. The van der Waals surface area contributed by atoms with Crippen molar-refractivity contribution in [1.82, 2.24) is 0 Å². The van der Waals surface area contributed by atoms with Gasteiger partial charge >= 0.3 is 5.97 Å². The van der Waals surface area contributed by atoms with Crippen molar-refractivity contribution in [3.05, 3.63) is 12.7 Å². The van der Waals surface area contributed by atoms with Crippen molar-refractivity contribution in [2.24, 2.45) is 11.7 Å². The van der Waals surface area contributed by atoms with Crippen LogP contribution in [0.3, 0.4) is 0 Å². The van der Waals surface area contributed by atoms with E-state index in [2.05, 4.69) is 23.0 Å². The highest BCUT2D eigenvalue weighted by Gasteiger charge is 1.92. The van der Waals surface area contributed by atoms with Gasteiger partial charge in [0.05, 0.1) is 6.61 Å². The second kappa shape index (κ2) is 12.7. The number of esters is 1. The lowest BCUT2D eigenvalue weighted by Crippen LogP contribution is -2.07. The normalized spacial score (nSPS) is 7.92. The van der Waals surface area contributed by atoms with Crippen molar-refractivity contribution in [3.63, 3.8) is 0 Å². The van der Waals surface area contributed by atoms with E-state index in [0.717, 1.165) is 6.08 Å². The van der Waals surface area contributed by atoms with Gasteiger partial charge in [-0.05, 0) is 6.92 Å². The van der Waals surface area contributed by atoms with Crippen molar-refractivity contribution in [2.45, 2.75) is 6.92 Å². The molecule has 0 saturated carbocycles. The van der Waals surface area contributed by atoms with Gasteiger partial charge in [-0.15, -0.1) is 0 Å². The fourth-order valence-electron chi connectivity index (χ4n) is 0.404. The topological polar surface area (TPSA) is 87.6 Å². The Balaban J connectivity index is 0. The molecule has 0 aromatic carbocycles. The molecule has 0 aliphatic heterocycles. The molecule has 72 valence electrons. The van der Waals surface area contributed by atoms with E-state index in [-0.39, 0.29) is 0 Å². The molecule has 0 spiro atoms. The predicted molar refractivity (Wildman–Crippen MR) is 46.0 cm³/mol. The van der Waals surface area contributed by atoms with E-state index in [1.54, 1.807) is 0 Å². The number of carbonyl (C=O) groups is 1. The van der Waals surface area contributed by atoms with Crippen molar-refractivity contribution in [1.29, 1.82) is 0 Å². The summed E-state index contributed by atoms with van der Waals surface area (Å²) in [4.78, 5) is 10.4. The number of ether oxygens (including phenoxy) is 2. The molecule has 0 bridgehead atoms. The molecule has 0 amide bonds. The summed E-state index contributed by atoms with van der Waals surface area (Å²) in [7, 11) is 0. The lowest BCUT2D eigenvalue weighted by Gasteiger charge is -2.00. The van der Waals surface area contributed by atoms with E-state index >= 15 is 0 Å². The lowest BCUT2D eigenvalue weighted by atomic mass is 10.6. The number of hydrogen-bond donors (Lipinski definition) is 2. The van der Waals surface area contributed by atoms with Crippen LogP contribution in [0.4, 0.5) is 0 Å². The molecule has 5 nitrogen and oxygen atoms in total. The van der Waals surface area contributed by atoms with Crippen LogP contribution in [0, 0.1) is 0 Å². The molecule has 0 aromatic rings. The van der Waals surface area contributed by atoms with Gasteiger partial charge in [-0.2, -0.15) is 0 Å². The van der Waals surface area contributed by atoms with E-state index in [1.807, 2.05) is 6.92 Å². The molecule has 0 atom stereocenters. The van der Waals surface area contributed by atoms with Gasteiger partial charge in [0, 0.05) is 12.7 Å². The van der Waals surface area contributed by atoms with Gasteiger partial charge in [-0.1, -0.05) is 6.58 Å². The first-order valence-corrected chi connectivity index (χ1v) is 3.51. The van der Waals surface area contributed by atoms with Gasteiger partial charge in [0.1, 0.15) is 6.61 Å². The predicted octanol–water partition coefficient (Wildman–Crippen LogP) is -0.429. The van der Waals surface area contributed by atoms with Gasteiger partial charge in [0.15, 0.2) is 0 Å². The summed E-state index contributed by atoms with van der Waals surface area (Å²) in [5.74, 6) is 7.60. The average Bonchev–Trinajstić information content (AvgIpc) is 2.15. The summed E-state index contributed by atoms with van der Waals surface area (Å²) in [6, 6.07) is 0. The smallest absolute Gasteiger partial charge is 0.330 e. The maximum atomic E-state index is 10.4. The van der Waals surface area contributed by atoms with Crippen LogP contribution in [0.15, 0.2) is 12.7 Å². The molecule has 0 aliphatic carbocycles. The van der Waals surface area contributed by atoms with Gasteiger partial charge in [-0.3, -0.25) is 11.7 Å². The quantitative estimate of drug-likeness (QED) is 0.195. The minimum absolute atomic E-state index is 0.304. The Bertz CT molecular complexity index is 117. The number of carbonyl (C=O) groups excluding carboxylic acids is 1. The number of rotatable bonds is 5. The Morgan fingerprint density at radius 1 is 1.50 bits per heavy atom. The van der Waals surface area contributed by atoms with Crippen LogP contribution in [0.1, 0.15) is 6.92 Å². The van der Waals surface area contributed by atoms with E-state index < -0.39 is 5.97 Å². The molecule has 0 unspecified atom stereocenters. The van der Waals surface area contributed by atoms with E-state index in [4.69, 9.17) is 4.74 Å². The minimum atomic E-state index is -0.403. The van der Waals surface area contributed by atoms with Crippen molar-refractivity contribution < 1.29 is 14.3 Å². The minimum Gasteiger partial charge on any atom is -0.460 e. The highest BCUT2D eigenvalue weighted by atomic mass is 16.6. The first kappa shape index (κ1) is 13.7. The van der Waals surface area contributed by atoms with Gasteiger partial charge in [0.25, 0.3) is 0 Å². The third kappa shape index (κ3) is 11.8. The SMILES string of the molecule is C=CC(=O)OCCOCC.NN. The van der Waals surface area contributed by atoms with Crippen molar-refractivity contribution in [3.8, 4) is 0 Å². The Labute approximate surface area is 72.3 Å². The highest BCUT2D eigenvalue weighted by Crippen LogP contribution is 1.80. The molecule has 0 aliphatic rings. The van der Waals surface area contributed by atoms with Crippen LogP contribution in [0.2, 0.25) is 0 Å². The molecule has 0 heterocycles. The zero-order valence-electron chi connectivity index (χ0n) is 7.29. The van der Waals surface area contributed by atoms with Crippen molar-refractivity contribution in [2.75, 3.05) is 19.8 Å². The average molecular weight is 176 g/mol. The number of hydrogen-bond acceptors (Lipinski definition) is 5. The van der Waals surface area contributed by atoms with E-state index in [1.165, 1.54) is 0 Å². The molecule has 0 aromatic heterocycles. The number of hydrazine groups is 1. The lowest BCUT2D eigenvalue weighted by molar-refractivity contribution is -0.139. The van der Waals surface area contributed by atoms with Gasteiger partial charge < -0.3 is 9.47 Å². The van der Waals surface area contributed by atoms with Crippen LogP contribution in [-0.2, 0) is 14.3 Å². The van der Waals surface area contributed by atoms with Crippen LogP contribution in [-0.4, -0.2) is 25.8 Å². The Morgan fingerprint density at radius 2 is 2.08 bits per heavy atom. The largest absolute Gasteiger partial charge is 0.460 e. The Morgan fingerprint density at radius 3 is 2.50 bits per heavy atom. The van der Waals surface area contributed by atoms with Crippen LogP contribution < -0.4 is 11.7 Å². The Kier molecular flexibility index (Phi) is 14.5. The third-order valence-corrected chi connectivity index (χ3v) is 0.843. The molecule has 0 fully saturated rings. The summed E-state index contributed by atoms with van der Waals surface area (Å²) in [5.41, 5.74) is 0. The fourth-order valence-corrected chi connectivity index (χ4v) is 0.404. The summed E-state index contributed by atoms with van der Waals surface area (Å²) in [5, 5.41) is 0. The maximum absolute atomic E-state index is 10.4. The molecule has 4 N–H and O–H groups in total. The zero-order chi connectivity index (χ0) is 9.82. The monoisotopic (exact) mass is 176 g/mol. The van der Waals surface area contributed by atoms with Gasteiger partial charge in [0.2, 0.25) is 0 Å². The standard InChI is InChI=1S/C7H12O3.H4N2/c1-3-7(8)10-6-5-9-4-2;1-2/h3H,1,4-6H2,2H3;1-2H2. The molecule has 0 rings (SSSR count). The fraction of sp³-hybridized carbons (Fsp3) is 0.571. The van der Waals surface area contributed by atoms with E-state index in [9.17, 15) is 4.79 Å².